The average molecular weight is 585 g/mol. The zero-order chi connectivity index (χ0) is 27.4. The Hall–Kier alpha value is -3.69. The number of aromatic nitrogens is 6. The van der Waals surface area contributed by atoms with Crippen molar-refractivity contribution in [2.24, 2.45) is 13.0 Å². The first kappa shape index (κ1) is 26.9. The van der Waals surface area contributed by atoms with Gasteiger partial charge in [0.2, 0.25) is 0 Å². The average Bonchev–Trinajstić information content (AvgIpc) is 3.69. The molecule has 0 saturated heterocycles. The lowest BCUT2D eigenvalue weighted by atomic mass is 9.99. The van der Waals surface area contributed by atoms with E-state index < -0.39 is 15.9 Å². The van der Waals surface area contributed by atoms with Crippen molar-refractivity contribution in [3.8, 4) is 0 Å². The number of Topliss-reactive ketones (excluding diaryl/α,β-unsaturated/α-hetero) is 1. The van der Waals surface area contributed by atoms with E-state index in [1.807, 2.05) is 30.3 Å². The molecule has 2 N–H and O–H groups in total. The number of sulfone groups is 1. The molecule has 5 rings (SSSR count). The summed E-state index contributed by atoms with van der Waals surface area (Å²) in [6.45, 7) is 0. The number of anilines is 2. The molecule has 3 heterocycles. The molecule has 0 unspecified atom stereocenters. The summed E-state index contributed by atoms with van der Waals surface area (Å²) in [5, 5.41) is 15.7. The molecule has 1 aromatic carbocycles. The first-order chi connectivity index (χ1) is 18.8. The lowest BCUT2D eigenvalue weighted by Crippen LogP contribution is -2.20. The number of amides is 2. The third-order valence-electron chi connectivity index (χ3n) is 6.06. The SMILES string of the molecule is Cn1nnnc1S(=O)(=O)c1sc(NC(=O)Nc2ccnc(C(=O)C3CCCC3)c2)nc1CSc1ccccc1. The minimum Gasteiger partial charge on any atom is -0.308 e. The Morgan fingerprint density at radius 3 is 2.62 bits per heavy atom. The number of carbonyl (C=O) groups excluding carboxylic acids is 2. The van der Waals surface area contributed by atoms with Gasteiger partial charge in [-0.1, -0.05) is 47.5 Å². The molecule has 0 atom stereocenters. The van der Waals surface area contributed by atoms with Crippen LogP contribution in [0.25, 0.3) is 0 Å². The van der Waals surface area contributed by atoms with Gasteiger partial charge in [0, 0.05) is 35.5 Å². The summed E-state index contributed by atoms with van der Waals surface area (Å²) in [6.07, 6.45) is 5.23. The van der Waals surface area contributed by atoms with Gasteiger partial charge in [0.05, 0.1) is 5.69 Å². The van der Waals surface area contributed by atoms with Crippen LogP contribution in [0, 0.1) is 5.92 Å². The number of nitrogens with zero attached hydrogens (tertiary/aromatic N) is 6. The van der Waals surface area contributed by atoms with E-state index in [0.717, 1.165) is 46.6 Å². The Morgan fingerprint density at radius 1 is 1.13 bits per heavy atom. The smallest absolute Gasteiger partial charge is 0.308 e. The highest BCUT2D eigenvalue weighted by Crippen LogP contribution is 2.35. The van der Waals surface area contributed by atoms with Gasteiger partial charge in [0.25, 0.3) is 15.0 Å². The lowest BCUT2D eigenvalue weighted by Gasteiger charge is -2.09. The number of thiazole rings is 1. The van der Waals surface area contributed by atoms with Crippen molar-refractivity contribution in [2.75, 3.05) is 10.6 Å². The van der Waals surface area contributed by atoms with Crippen LogP contribution < -0.4 is 10.6 Å². The quantitative estimate of drug-likeness (QED) is 0.215. The molecule has 15 heteroatoms. The van der Waals surface area contributed by atoms with Crippen LogP contribution in [0.3, 0.4) is 0 Å². The molecule has 0 aliphatic heterocycles. The molecule has 4 aromatic rings. The monoisotopic (exact) mass is 584 g/mol. The van der Waals surface area contributed by atoms with Gasteiger partial charge in [0.15, 0.2) is 15.1 Å². The number of carbonyl (C=O) groups is 2. The Balaban J connectivity index is 1.35. The van der Waals surface area contributed by atoms with E-state index in [1.165, 1.54) is 25.0 Å². The van der Waals surface area contributed by atoms with Crippen LogP contribution in [-0.4, -0.2) is 50.4 Å². The molecule has 2 amide bonds. The number of ketones is 1. The minimum absolute atomic E-state index is 0.0230. The zero-order valence-corrected chi connectivity index (χ0v) is 23.2. The largest absolute Gasteiger partial charge is 0.325 e. The lowest BCUT2D eigenvalue weighted by molar-refractivity contribution is 0.0917. The predicted molar refractivity (Wildman–Crippen MR) is 146 cm³/mol. The Labute approximate surface area is 232 Å². The molecule has 1 saturated carbocycles. The summed E-state index contributed by atoms with van der Waals surface area (Å²) in [4.78, 5) is 35.0. The van der Waals surface area contributed by atoms with Crippen molar-refractivity contribution >= 4 is 55.6 Å². The van der Waals surface area contributed by atoms with Gasteiger partial charge in [-0.15, -0.1) is 11.8 Å². The number of hydrogen-bond acceptors (Lipinski definition) is 11. The van der Waals surface area contributed by atoms with E-state index >= 15 is 0 Å². The maximum Gasteiger partial charge on any atom is 0.325 e. The molecule has 1 aliphatic rings. The third-order valence-corrected chi connectivity index (χ3v) is 10.4. The number of hydrogen-bond donors (Lipinski definition) is 2. The molecule has 3 aromatic heterocycles. The number of rotatable bonds is 9. The van der Waals surface area contributed by atoms with Crippen molar-refractivity contribution in [1.29, 1.82) is 0 Å². The second kappa shape index (κ2) is 11.6. The van der Waals surface area contributed by atoms with Crippen molar-refractivity contribution in [3.63, 3.8) is 0 Å². The number of benzene rings is 1. The molecular weight excluding hydrogens is 561 g/mol. The highest BCUT2D eigenvalue weighted by molar-refractivity contribution is 7.98. The Bertz CT molecular complexity index is 1600. The van der Waals surface area contributed by atoms with Gasteiger partial charge < -0.3 is 5.32 Å². The first-order valence-corrected chi connectivity index (χ1v) is 15.3. The van der Waals surface area contributed by atoms with Crippen molar-refractivity contribution in [3.05, 3.63) is 60.0 Å². The van der Waals surface area contributed by atoms with E-state index in [0.29, 0.717) is 11.4 Å². The fourth-order valence-corrected chi connectivity index (χ4v) is 7.97. The maximum atomic E-state index is 13.4. The minimum atomic E-state index is -4.11. The summed E-state index contributed by atoms with van der Waals surface area (Å²) in [5.74, 6) is 0.180. The summed E-state index contributed by atoms with van der Waals surface area (Å²) < 4.78 is 27.8. The molecular formula is C24H24N8O4S3. The fourth-order valence-electron chi connectivity index (χ4n) is 4.19. The number of tetrazole rings is 1. The summed E-state index contributed by atoms with van der Waals surface area (Å²) in [7, 11) is -2.68. The van der Waals surface area contributed by atoms with Gasteiger partial charge in [-0.3, -0.25) is 15.1 Å². The topological polar surface area (TPSA) is 162 Å². The van der Waals surface area contributed by atoms with Gasteiger partial charge in [-0.05, 0) is 47.5 Å². The molecule has 39 heavy (non-hydrogen) atoms. The molecule has 12 nitrogen and oxygen atoms in total. The molecule has 202 valence electrons. The van der Waals surface area contributed by atoms with Gasteiger partial charge >= 0.3 is 6.03 Å². The fraction of sp³-hybridized carbons (Fsp3) is 0.292. The van der Waals surface area contributed by atoms with E-state index in [9.17, 15) is 18.0 Å². The van der Waals surface area contributed by atoms with Gasteiger partial charge in [0.1, 0.15) is 5.69 Å². The van der Waals surface area contributed by atoms with Crippen molar-refractivity contribution < 1.29 is 18.0 Å². The van der Waals surface area contributed by atoms with Gasteiger partial charge in [-0.2, -0.15) is 0 Å². The normalized spacial score (nSPS) is 13.9. The van der Waals surface area contributed by atoms with Crippen LogP contribution in [-0.2, 0) is 22.6 Å². The highest BCUT2D eigenvalue weighted by atomic mass is 32.2. The number of pyridine rings is 1. The molecule has 0 spiro atoms. The number of urea groups is 1. The van der Waals surface area contributed by atoms with Gasteiger partial charge in [-0.25, -0.2) is 22.9 Å². The van der Waals surface area contributed by atoms with Crippen molar-refractivity contribution in [1.82, 2.24) is 30.2 Å². The van der Waals surface area contributed by atoms with Crippen LogP contribution in [0.5, 0.6) is 0 Å². The highest BCUT2D eigenvalue weighted by Gasteiger charge is 2.31. The van der Waals surface area contributed by atoms with E-state index in [2.05, 4.69) is 36.1 Å². The first-order valence-electron chi connectivity index (χ1n) is 12.0. The van der Waals surface area contributed by atoms with E-state index in [1.54, 1.807) is 12.1 Å². The number of thioether (sulfide) groups is 1. The van der Waals surface area contributed by atoms with E-state index in [-0.39, 0.29) is 37.6 Å². The predicted octanol–water partition coefficient (Wildman–Crippen LogP) is 4.20. The van der Waals surface area contributed by atoms with Crippen LogP contribution >= 0.6 is 23.1 Å². The third kappa shape index (κ3) is 6.15. The molecule has 1 aliphatic carbocycles. The second-order valence-electron chi connectivity index (χ2n) is 8.80. The Kier molecular flexibility index (Phi) is 7.99. The van der Waals surface area contributed by atoms with E-state index in [4.69, 9.17) is 0 Å². The maximum absolute atomic E-state index is 13.4. The Morgan fingerprint density at radius 2 is 1.90 bits per heavy atom. The zero-order valence-electron chi connectivity index (χ0n) is 20.8. The summed E-state index contributed by atoms with van der Waals surface area (Å²) in [6, 6.07) is 12.0. The van der Waals surface area contributed by atoms with Crippen molar-refractivity contribution in [2.45, 2.75) is 45.7 Å². The standard InChI is InChI=1S/C24H24N8O4S3/c1-32-24(29-30-31-32)39(35,36)21-19(14-37-17-9-3-2-4-10-17)27-23(38-21)28-22(34)26-16-11-12-25-18(13-16)20(33)15-7-5-6-8-15/h2-4,9-13,15H,5-8,14H2,1H3,(H2,25,26,27,28,34). The van der Waals surface area contributed by atoms with Crippen LogP contribution in [0.15, 0.2) is 62.9 Å². The molecule has 0 radical (unpaired) electrons. The van der Waals surface area contributed by atoms with Crippen LogP contribution in [0.1, 0.15) is 41.9 Å². The summed E-state index contributed by atoms with van der Waals surface area (Å²) >= 11 is 2.22. The molecule has 0 bridgehead atoms. The summed E-state index contributed by atoms with van der Waals surface area (Å²) in [5.41, 5.74) is 0.957. The number of nitrogens with one attached hydrogen (secondary N) is 2. The van der Waals surface area contributed by atoms with Crippen LogP contribution in [0.2, 0.25) is 0 Å². The van der Waals surface area contributed by atoms with Crippen LogP contribution in [0.4, 0.5) is 15.6 Å². The second-order valence-corrected chi connectivity index (χ2v) is 12.9. The number of aryl methyl sites for hydroxylation is 1. The molecule has 1 fully saturated rings.